The Bertz CT molecular complexity index is 836. The summed E-state index contributed by atoms with van der Waals surface area (Å²) in [4.78, 5) is 28.7. The minimum Gasteiger partial charge on any atom is -0.351 e. The zero-order chi connectivity index (χ0) is 19.9. The monoisotopic (exact) mass is 419 g/mol. The molecule has 0 unspecified atom stereocenters. The van der Waals surface area contributed by atoms with E-state index in [-0.39, 0.29) is 18.2 Å². The second-order valence-corrected chi connectivity index (χ2v) is 7.62. The van der Waals surface area contributed by atoms with Crippen molar-refractivity contribution in [2.75, 3.05) is 32.7 Å². The Morgan fingerprint density at radius 3 is 2.43 bits per heavy atom. The third kappa shape index (κ3) is 5.71. The Kier molecular flexibility index (Phi) is 7.31. The Labute approximate surface area is 175 Å². The van der Waals surface area contributed by atoms with E-state index in [1.807, 2.05) is 23.1 Å². The van der Waals surface area contributed by atoms with Gasteiger partial charge in [-0.05, 0) is 29.8 Å². The van der Waals surface area contributed by atoms with Gasteiger partial charge in [-0.3, -0.25) is 14.5 Å². The molecule has 2 aromatic rings. The lowest BCUT2D eigenvalue weighted by Gasteiger charge is -2.34. The summed E-state index contributed by atoms with van der Waals surface area (Å²) in [5.41, 5.74) is 1.60. The second kappa shape index (κ2) is 9.92. The van der Waals surface area contributed by atoms with Gasteiger partial charge in [-0.15, -0.1) is 0 Å². The first-order valence-corrected chi connectivity index (χ1v) is 10.1. The first-order chi connectivity index (χ1) is 13.5. The zero-order valence-electron chi connectivity index (χ0n) is 15.5. The topological polar surface area (TPSA) is 52.7 Å². The largest absolute Gasteiger partial charge is 0.351 e. The molecule has 0 atom stereocenters. The maximum atomic E-state index is 12.4. The first kappa shape index (κ1) is 20.6. The molecular weight excluding hydrogens is 397 g/mol. The van der Waals surface area contributed by atoms with Crippen LogP contribution in [0.2, 0.25) is 10.0 Å². The van der Waals surface area contributed by atoms with E-state index in [1.165, 1.54) is 5.56 Å². The van der Waals surface area contributed by atoms with Crippen molar-refractivity contribution in [2.45, 2.75) is 13.0 Å². The second-order valence-electron chi connectivity index (χ2n) is 6.77. The number of hydrogen-bond acceptors (Lipinski definition) is 3. The standard InChI is InChI=1S/C21H23Cl2N3O2/c22-17-5-3-4-16(14-17)15-25-10-12-26(13-11-25)20(27)8-9-24-21(28)18-6-1-2-7-19(18)23/h1-7,14H,8-13,15H2,(H,24,28). The van der Waals surface area contributed by atoms with E-state index in [4.69, 9.17) is 23.2 Å². The molecule has 0 spiro atoms. The van der Waals surface area contributed by atoms with Crippen molar-refractivity contribution in [1.82, 2.24) is 15.1 Å². The lowest BCUT2D eigenvalue weighted by molar-refractivity contribution is -0.132. The van der Waals surface area contributed by atoms with Gasteiger partial charge in [0.25, 0.3) is 5.91 Å². The van der Waals surface area contributed by atoms with E-state index >= 15 is 0 Å². The molecule has 0 aromatic heterocycles. The molecule has 1 heterocycles. The van der Waals surface area contributed by atoms with Gasteiger partial charge in [0.2, 0.25) is 5.91 Å². The minimum absolute atomic E-state index is 0.0573. The number of nitrogens with zero attached hydrogens (tertiary/aromatic N) is 2. The molecule has 148 valence electrons. The summed E-state index contributed by atoms with van der Waals surface area (Å²) in [6.45, 7) is 4.16. The summed E-state index contributed by atoms with van der Waals surface area (Å²) in [5.74, 6) is -0.202. The molecule has 5 nitrogen and oxygen atoms in total. The normalized spacial score (nSPS) is 14.7. The van der Waals surface area contributed by atoms with E-state index in [0.29, 0.717) is 30.2 Å². The Morgan fingerprint density at radius 2 is 1.71 bits per heavy atom. The Balaban J connectivity index is 1.39. The van der Waals surface area contributed by atoms with E-state index in [9.17, 15) is 9.59 Å². The number of halogens is 2. The number of benzene rings is 2. The number of hydrogen-bond donors (Lipinski definition) is 1. The highest BCUT2D eigenvalue weighted by Gasteiger charge is 2.21. The smallest absolute Gasteiger partial charge is 0.252 e. The van der Waals surface area contributed by atoms with Crippen molar-refractivity contribution in [1.29, 1.82) is 0 Å². The summed E-state index contributed by atoms with van der Waals surface area (Å²) in [6, 6.07) is 14.7. The van der Waals surface area contributed by atoms with Crippen molar-refractivity contribution in [3.8, 4) is 0 Å². The molecule has 0 bridgehead atoms. The number of piperazine rings is 1. The minimum atomic E-state index is -0.259. The maximum Gasteiger partial charge on any atom is 0.252 e. The molecular formula is C21H23Cl2N3O2. The van der Waals surface area contributed by atoms with Gasteiger partial charge in [0, 0.05) is 50.7 Å². The summed E-state index contributed by atoms with van der Waals surface area (Å²) in [7, 11) is 0. The molecule has 0 aliphatic carbocycles. The molecule has 0 radical (unpaired) electrons. The number of nitrogens with one attached hydrogen (secondary N) is 1. The fourth-order valence-electron chi connectivity index (χ4n) is 3.23. The van der Waals surface area contributed by atoms with Gasteiger partial charge in [0.1, 0.15) is 0 Å². The van der Waals surface area contributed by atoms with Gasteiger partial charge < -0.3 is 10.2 Å². The van der Waals surface area contributed by atoms with E-state index in [0.717, 1.165) is 24.7 Å². The van der Waals surface area contributed by atoms with E-state index in [1.54, 1.807) is 24.3 Å². The Hall–Kier alpha value is -2.08. The van der Waals surface area contributed by atoms with Crippen molar-refractivity contribution in [3.63, 3.8) is 0 Å². The van der Waals surface area contributed by atoms with Crippen LogP contribution in [0, 0.1) is 0 Å². The number of carbonyl (C=O) groups is 2. The summed E-state index contributed by atoms with van der Waals surface area (Å²) < 4.78 is 0. The fraction of sp³-hybridized carbons (Fsp3) is 0.333. The highest BCUT2D eigenvalue weighted by molar-refractivity contribution is 6.33. The first-order valence-electron chi connectivity index (χ1n) is 9.30. The fourth-order valence-corrected chi connectivity index (χ4v) is 3.66. The number of amides is 2. The van der Waals surface area contributed by atoms with Crippen LogP contribution in [-0.2, 0) is 11.3 Å². The molecule has 1 fully saturated rings. The van der Waals surface area contributed by atoms with Gasteiger partial charge in [0.15, 0.2) is 0 Å². The molecule has 2 aromatic carbocycles. The van der Waals surface area contributed by atoms with Crippen molar-refractivity contribution < 1.29 is 9.59 Å². The molecule has 0 saturated carbocycles. The van der Waals surface area contributed by atoms with E-state index < -0.39 is 0 Å². The van der Waals surface area contributed by atoms with Crippen LogP contribution in [-0.4, -0.2) is 54.3 Å². The van der Waals surface area contributed by atoms with Crippen molar-refractivity contribution in [3.05, 3.63) is 69.7 Å². The SMILES string of the molecule is O=C(NCCC(=O)N1CCN(Cc2cccc(Cl)c2)CC1)c1ccccc1Cl. The maximum absolute atomic E-state index is 12.4. The number of carbonyl (C=O) groups excluding carboxylic acids is 2. The van der Waals surface area contributed by atoms with Crippen LogP contribution in [0.4, 0.5) is 0 Å². The summed E-state index contributed by atoms with van der Waals surface area (Å²) >= 11 is 12.1. The van der Waals surface area contributed by atoms with Crippen LogP contribution >= 0.6 is 23.2 Å². The Morgan fingerprint density at radius 1 is 0.964 bits per heavy atom. The van der Waals surface area contributed by atoms with Crippen LogP contribution in [0.15, 0.2) is 48.5 Å². The molecule has 2 amide bonds. The molecule has 7 heteroatoms. The van der Waals surface area contributed by atoms with Crippen LogP contribution in [0.1, 0.15) is 22.3 Å². The third-order valence-electron chi connectivity index (χ3n) is 4.76. The summed E-state index contributed by atoms with van der Waals surface area (Å²) in [6.07, 6.45) is 0.282. The molecule has 1 saturated heterocycles. The average Bonchev–Trinajstić information content (AvgIpc) is 2.69. The number of rotatable bonds is 6. The highest BCUT2D eigenvalue weighted by Crippen LogP contribution is 2.15. The average molecular weight is 420 g/mol. The van der Waals surface area contributed by atoms with Gasteiger partial charge in [-0.2, -0.15) is 0 Å². The van der Waals surface area contributed by atoms with Crippen molar-refractivity contribution in [2.24, 2.45) is 0 Å². The molecule has 3 rings (SSSR count). The van der Waals surface area contributed by atoms with Crippen LogP contribution < -0.4 is 5.32 Å². The van der Waals surface area contributed by atoms with Gasteiger partial charge in [-0.25, -0.2) is 0 Å². The predicted octanol–water partition coefficient (Wildman–Crippen LogP) is 3.46. The summed E-state index contributed by atoms with van der Waals surface area (Å²) in [5, 5.41) is 3.91. The lowest BCUT2D eigenvalue weighted by atomic mass is 10.2. The lowest BCUT2D eigenvalue weighted by Crippen LogP contribution is -2.48. The van der Waals surface area contributed by atoms with Crippen molar-refractivity contribution >= 4 is 35.0 Å². The highest BCUT2D eigenvalue weighted by atomic mass is 35.5. The molecule has 28 heavy (non-hydrogen) atoms. The quantitative estimate of drug-likeness (QED) is 0.779. The van der Waals surface area contributed by atoms with Gasteiger partial charge >= 0.3 is 0 Å². The van der Waals surface area contributed by atoms with Gasteiger partial charge in [-0.1, -0.05) is 47.5 Å². The van der Waals surface area contributed by atoms with Crippen LogP contribution in [0.5, 0.6) is 0 Å². The van der Waals surface area contributed by atoms with Crippen LogP contribution in [0.3, 0.4) is 0 Å². The van der Waals surface area contributed by atoms with Crippen LogP contribution in [0.25, 0.3) is 0 Å². The zero-order valence-corrected chi connectivity index (χ0v) is 17.0. The molecule has 1 N–H and O–H groups in total. The third-order valence-corrected chi connectivity index (χ3v) is 5.33. The molecule has 1 aliphatic rings. The predicted molar refractivity (Wildman–Crippen MR) is 112 cm³/mol. The molecule has 1 aliphatic heterocycles. The van der Waals surface area contributed by atoms with Gasteiger partial charge in [0.05, 0.1) is 10.6 Å². The van der Waals surface area contributed by atoms with E-state index in [2.05, 4.69) is 16.3 Å².